The fourth-order valence-corrected chi connectivity index (χ4v) is 2.63. The molecule has 2 nitrogen and oxygen atoms in total. The number of anilines is 1. The summed E-state index contributed by atoms with van der Waals surface area (Å²) in [5.74, 6) is 0.924. The molecule has 0 saturated carbocycles. The fourth-order valence-electron chi connectivity index (χ4n) is 2.63. The zero-order valence-electron chi connectivity index (χ0n) is 10.7. The second-order valence-electron chi connectivity index (χ2n) is 4.60. The van der Waals surface area contributed by atoms with Crippen molar-refractivity contribution in [1.29, 1.82) is 0 Å². The van der Waals surface area contributed by atoms with Crippen molar-refractivity contribution in [2.75, 3.05) is 12.4 Å². The Labute approximate surface area is 108 Å². The van der Waals surface area contributed by atoms with E-state index in [9.17, 15) is 0 Å². The van der Waals surface area contributed by atoms with E-state index in [1.165, 1.54) is 22.4 Å². The topological polar surface area (TPSA) is 21.3 Å². The van der Waals surface area contributed by atoms with Crippen molar-refractivity contribution in [1.82, 2.24) is 0 Å². The Morgan fingerprint density at radius 1 is 1.11 bits per heavy atom. The molecule has 2 aromatic rings. The van der Waals surface area contributed by atoms with Crippen LogP contribution in [-0.4, -0.2) is 7.11 Å². The summed E-state index contributed by atoms with van der Waals surface area (Å²) in [6, 6.07) is 15.2. The zero-order chi connectivity index (χ0) is 12.5. The average Bonchev–Trinajstić information content (AvgIpc) is 2.45. The highest BCUT2D eigenvalue weighted by atomic mass is 16.5. The Hall–Kier alpha value is -1.96. The minimum atomic E-state index is 0.366. The van der Waals surface area contributed by atoms with Gasteiger partial charge < -0.3 is 10.1 Å². The van der Waals surface area contributed by atoms with Crippen LogP contribution in [0.4, 0.5) is 5.69 Å². The van der Waals surface area contributed by atoms with E-state index in [2.05, 4.69) is 48.6 Å². The van der Waals surface area contributed by atoms with Gasteiger partial charge in [-0.1, -0.05) is 31.2 Å². The molecule has 0 spiro atoms. The minimum absolute atomic E-state index is 0.366. The smallest absolute Gasteiger partial charge is 0.119 e. The highest BCUT2D eigenvalue weighted by Gasteiger charge is 2.22. The minimum Gasteiger partial charge on any atom is -0.497 e. The number of methoxy groups -OCH3 is 1. The number of benzene rings is 2. The Morgan fingerprint density at radius 2 is 1.94 bits per heavy atom. The lowest BCUT2D eigenvalue weighted by Gasteiger charge is -2.29. The first-order chi connectivity index (χ1) is 8.83. The summed E-state index contributed by atoms with van der Waals surface area (Å²) in [5, 5.41) is 3.60. The van der Waals surface area contributed by atoms with Gasteiger partial charge in [-0.25, -0.2) is 0 Å². The average molecular weight is 239 g/mol. The van der Waals surface area contributed by atoms with Crippen molar-refractivity contribution < 1.29 is 4.74 Å². The standard InChI is InChI=1S/C16H17NO/c1-3-15-14-10-11(18-2)8-9-12(14)13-6-4-5-7-16(13)17-15/h4-10,15,17H,3H2,1-2H3. The monoisotopic (exact) mass is 239 g/mol. The molecule has 92 valence electrons. The maximum Gasteiger partial charge on any atom is 0.119 e. The molecule has 0 aromatic heterocycles. The summed E-state index contributed by atoms with van der Waals surface area (Å²) < 4.78 is 5.33. The van der Waals surface area contributed by atoms with Crippen LogP contribution in [0.15, 0.2) is 42.5 Å². The molecular formula is C16H17NO. The van der Waals surface area contributed by atoms with E-state index >= 15 is 0 Å². The number of hydrogen-bond donors (Lipinski definition) is 1. The van der Waals surface area contributed by atoms with Crippen LogP contribution in [-0.2, 0) is 0 Å². The lowest BCUT2D eigenvalue weighted by Crippen LogP contribution is -2.16. The predicted octanol–water partition coefficient (Wildman–Crippen LogP) is 4.24. The molecule has 1 unspecified atom stereocenters. The van der Waals surface area contributed by atoms with Crippen LogP contribution in [0.25, 0.3) is 11.1 Å². The first-order valence-electron chi connectivity index (χ1n) is 6.37. The lowest BCUT2D eigenvalue weighted by atomic mass is 9.88. The third-order valence-electron chi connectivity index (χ3n) is 3.59. The molecule has 1 aliphatic rings. The second-order valence-corrected chi connectivity index (χ2v) is 4.60. The number of ether oxygens (including phenoxy) is 1. The molecule has 1 heterocycles. The van der Waals surface area contributed by atoms with E-state index in [4.69, 9.17) is 4.74 Å². The summed E-state index contributed by atoms with van der Waals surface area (Å²) in [7, 11) is 1.72. The van der Waals surface area contributed by atoms with Crippen molar-refractivity contribution in [2.45, 2.75) is 19.4 Å². The first kappa shape index (κ1) is 11.1. The van der Waals surface area contributed by atoms with Gasteiger partial charge in [-0.05, 0) is 35.7 Å². The Morgan fingerprint density at radius 3 is 2.72 bits per heavy atom. The van der Waals surface area contributed by atoms with Crippen LogP contribution >= 0.6 is 0 Å². The molecule has 0 bridgehead atoms. The summed E-state index contributed by atoms with van der Waals surface area (Å²) in [6.07, 6.45) is 1.06. The van der Waals surface area contributed by atoms with Crippen LogP contribution in [0.2, 0.25) is 0 Å². The summed E-state index contributed by atoms with van der Waals surface area (Å²) in [4.78, 5) is 0. The van der Waals surface area contributed by atoms with Crippen molar-refractivity contribution in [3.63, 3.8) is 0 Å². The van der Waals surface area contributed by atoms with E-state index in [-0.39, 0.29) is 0 Å². The van der Waals surface area contributed by atoms with Crippen molar-refractivity contribution in [3.05, 3.63) is 48.0 Å². The van der Waals surface area contributed by atoms with Crippen molar-refractivity contribution in [3.8, 4) is 16.9 Å². The number of rotatable bonds is 2. The molecule has 2 heteroatoms. The van der Waals surface area contributed by atoms with Gasteiger partial charge in [0.15, 0.2) is 0 Å². The van der Waals surface area contributed by atoms with Gasteiger partial charge in [0.2, 0.25) is 0 Å². The van der Waals surface area contributed by atoms with Crippen LogP contribution in [0, 0.1) is 0 Å². The largest absolute Gasteiger partial charge is 0.497 e. The van der Waals surface area contributed by atoms with E-state index < -0.39 is 0 Å². The van der Waals surface area contributed by atoms with Gasteiger partial charge in [0.05, 0.1) is 13.2 Å². The van der Waals surface area contributed by atoms with Gasteiger partial charge in [0.25, 0.3) is 0 Å². The van der Waals surface area contributed by atoms with Gasteiger partial charge in [-0.2, -0.15) is 0 Å². The summed E-state index contributed by atoms with van der Waals surface area (Å²) in [6.45, 7) is 2.20. The number of hydrogen-bond acceptors (Lipinski definition) is 2. The maximum absolute atomic E-state index is 5.33. The van der Waals surface area contributed by atoms with E-state index in [0.717, 1.165) is 12.2 Å². The predicted molar refractivity (Wildman–Crippen MR) is 75.1 cm³/mol. The number of fused-ring (bicyclic) bond motifs is 3. The SMILES string of the molecule is CCC1Nc2ccccc2-c2ccc(OC)cc21. The van der Waals surface area contributed by atoms with Gasteiger partial charge in [0, 0.05) is 11.3 Å². The van der Waals surface area contributed by atoms with Gasteiger partial charge in [0.1, 0.15) is 5.75 Å². The molecule has 0 amide bonds. The summed E-state index contributed by atoms with van der Waals surface area (Å²) in [5.41, 5.74) is 5.15. The molecule has 1 atom stereocenters. The molecule has 18 heavy (non-hydrogen) atoms. The van der Waals surface area contributed by atoms with E-state index in [1.807, 2.05) is 6.07 Å². The quantitative estimate of drug-likeness (QED) is 0.846. The van der Waals surface area contributed by atoms with Gasteiger partial charge >= 0.3 is 0 Å². The van der Waals surface area contributed by atoms with Crippen molar-refractivity contribution in [2.24, 2.45) is 0 Å². The second kappa shape index (κ2) is 4.37. The van der Waals surface area contributed by atoms with Gasteiger partial charge in [-0.3, -0.25) is 0 Å². The Kier molecular flexibility index (Phi) is 2.71. The molecule has 0 saturated heterocycles. The zero-order valence-corrected chi connectivity index (χ0v) is 10.7. The highest BCUT2D eigenvalue weighted by molar-refractivity contribution is 5.84. The van der Waals surface area contributed by atoms with Crippen LogP contribution in [0.3, 0.4) is 0 Å². The normalized spacial score (nSPS) is 16.4. The Bertz CT molecular complexity index is 577. The molecule has 1 N–H and O–H groups in total. The van der Waals surface area contributed by atoms with Gasteiger partial charge in [-0.15, -0.1) is 0 Å². The van der Waals surface area contributed by atoms with Crippen LogP contribution in [0.1, 0.15) is 24.9 Å². The molecule has 0 aliphatic carbocycles. The van der Waals surface area contributed by atoms with E-state index in [0.29, 0.717) is 6.04 Å². The summed E-state index contributed by atoms with van der Waals surface area (Å²) >= 11 is 0. The Balaban J connectivity index is 2.20. The molecule has 0 radical (unpaired) electrons. The molecular weight excluding hydrogens is 222 g/mol. The fraction of sp³-hybridized carbons (Fsp3) is 0.250. The van der Waals surface area contributed by atoms with Crippen molar-refractivity contribution >= 4 is 5.69 Å². The first-order valence-corrected chi connectivity index (χ1v) is 6.37. The molecule has 1 aliphatic heterocycles. The third kappa shape index (κ3) is 1.65. The third-order valence-corrected chi connectivity index (χ3v) is 3.59. The molecule has 3 rings (SSSR count). The molecule has 0 fully saturated rings. The van der Waals surface area contributed by atoms with Crippen LogP contribution < -0.4 is 10.1 Å². The lowest BCUT2D eigenvalue weighted by molar-refractivity contribution is 0.414. The molecule has 2 aromatic carbocycles. The highest BCUT2D eigenvalue weighted by Crippen LogP contribution is 2.42. The number of para-hydroxylation sites is 1. The number of nitrogens with one attached hydrogen (secondary N) is 1. The van der Waals surface area contributed by atoms with E-state index in [1.54, 1.807) is 7.11 Å². The maximum atomic E-state index is 5.33. The van der Waals surface area contributed by atoms with Crippen LogP contribution in [0.5, 0.6) is 5.75 Å².